The highest BCUT2D eigenvalue weighted by atomic mass is 35.5. The number of halogens is 1. The predicted octanol–water partition coefficient (Wildman–Crippen LogP) is 7.77. The zero-order valence-electron chi connectivity index (χ0n) is 22.3. The molecule has 0 aliphatic carbocycles. The van der Waals surface area contributed by atoms with Crippen LogP contribution < -0.4 is 9.64 Å². The van der Waals surface area contributed by atoms with Crippen LogP contribution in [0.4, 0.5) is 5.13 Å². The maximum Gasteiger partial charge on any atom is 0.301 e. The molecule has 2 heterocycles. The number of aryl methyl sites for hydroxylation is 2. The first-order chi connectivity index (χ1) is 19.8. The second-order valence-electron chi connectivity index (χ2n) is 9.94. The number of fused-ring (bicyclic) bond motifs is 1. The van der Waals surface area contributed by atoms with Crippen LogP contribution in [-0.4, -0.2) is 21.8 Å². The minimum absolute atomic E-state index is 0.0116. The number of hydrogen-bond acceptors (Lipinski definition) is 6. The summed E-state index contributed by atoms with van der Waals surface area (Å²) in [6.45, 7) is 4.38. The average molecular weight is 581 g/mol. The molecule has 8 heteroatoms. The Balaban J connectivity index is 1.44. The van der Waals surface area contributed by atoms with E-state index in [1.165, 1.54) is 16.2 Å². The highest BCUT2D eigenvalue weighted by Crippen LogP contribution is 2.45. The van der Waals surface area contributed by atoms with Gasteiger partial charge in [0.15, 0.2) is 5.13 Å². The van der Waals surface area contributed by atoms with E-state index < -0.39 is 17.7 Å². The molecule has 6 nitrogen and oxygen atoms in total. The van der Waals surface area contributed by atoms with Crippen LogP contribution in [0.5, 0.6) is 5.75 Å². The highest BCUT2D eigenvalue weighted by molar-refractivity contribution is 7.22. The number of benzene rings is 4. The van der Waals surface area contributed by atoms with Gasteiger partial charge in [-0.05, 0) is 78.6 Å². The van der Waals surface area contributed by atoms with Crippen LogP contribution in [0.3, 0.4) is 0 Å². The van der Waals surface area contributed by atoms with Crippen LogP contribution in [0, 0.1) is 13.8 Å². The number of Topliss-reactive ketones (excluding diaryl/α,β-unsaturated/α-hetero) is 1. The summed E-state index contributed by atoms with van der Waals surface area (Å²) in [5.74, 6) is -1.16. The SMILES string of the molecule is Cc1cc(C)c2nc(N3C(=O)C(=O)/C(=C(/O)c4ccc(Cl)cc4)C3c3ccc(OCc4ccccc4)cc3)sc2c1. The number of ketones is 1. The van der Waals surface area contributed by atoms with E-state index >= 15 is 0 Å². The van der Waals surface area contributed by atoms with Gasteiger partial charge < -0.3 is 9.84 Å². The summed E-state index contributed by atoms with van der Waals surface area (Å²) < 4.78 is 6.87. The molecule has 1 atom stereocenters. The number of aliphatic hydroxyl groups is 1. The van der Waals surface area contributed by atoms with Gasteiger partial charge in [0.25, 0.3) is 5.78 Å². The lowest BCUT2D eigenvalue weighted by molar-refractivity contribution is -0.132. The lowest BCUT2D eigenvalue weighted by Gasteiger charge is -2.23. The zero-order chi connectivity index (χ0) is 28.7. The van der Waals surface area contributed by atoms with Crippen LogP contribution in [0.25, 0.3) is 16.0 Å². The number of carbonyl (C=O) groups excluding carboxylic acids is 2. The number of hydrogen-bond donors (Lipinski definition) is 1. The van der Waals surface area contributed by atoms with E-state index in [0.717, 1.165) is 26.9 Å². The maximum absolute atomic E-state index is 13.6. The molecule has 1 N–H and O–H groups in total. The van der Waals surface area contributed by atoms with Gasteiger partial charge in [-0.25, -0.2) is 4.98 Å². The van der Waals surface area contributed by atoms with Crippen LogP contribution in [0.1, 0.15) is 33.9 Å². The fourth-order valence-corrected chi connectivity index (χ4v) is 6.35. The largest absolute Gasteiger partial charge is 0.507 e. The average Bonchev–Trinajstić information content (AvgIpc) is 3.51. The first-order valence-electron chi connectivity index (χ1n) is 13.0. The van der Waals surface area contributed by atoms with Gasteiger partial charge in [0.05, 0.1) is 21.8 Å². The van der Waals surface area contributed by atoms with E-state index in [0.29, 0.717) is 33.6 Å². The van der Waals surface area contributed by atoms with E-state index in [-0.39, 0.29) is 11.3 Å². The molecular weight excluding hydrogens is 556 g/mol. The number of nitrogens with zero attached hydrogens (tertiary/aromatic N) is 2. The second-order valence-corrected chi connectivity index (χ2v) is 11.4. The molecule has 1 aliphatic rings. The predicted molar refractivity (Wildman–Crippen MR) is 163 cm³/mol. The summed E-state index contributed by atoms with van der Waals surface area (Å²) in [5, 5.41) is 12.3. The van der Waals surface area contributed by atoms with Gasteiger partial charge in [-0.1, -0.05) is 71.5 Å². The number of amides is 1. The number of anilines is 1. The summed E-state index contributed by atoms with van der Waals surface area (Å²) >= 11 is 7.39. The quantitative estimate of drug-likeness (QED) is 0.126. The summed E-state index contributed by atoms with van der Waals surface area (Å²) in [6.07, 6.45) is 0. The maximum atomic E-state index is 13.6. The van der Waals surface area contributed by atoms with Crippen molar-refractivity contribution in [3.8, 4) is 5.75 Å². The summed E-state index contributed by atoms with van der Waals surface area (Å²) in [5.41, 5.74) is 4.89. The Hall–Kier alpha value is -4.46. The van der Waals surface area contributed by atoms with Crippen LogP contribution in [0.15, 0.2) is 96.6 Å². The van der Waals surface area contributed by atoms with Crippen molar-refractivity contribution in [1.29, 1.82) is 0 Å². The lowest BCUT2D eigenvalue weighted by Crippen LogP contribution is -2.29. The second kappa shape index (κ2) is 10.8. The van der Waals surface area contributed by atoms with Gasteiger partial charge in [-0.15, -0.1) is 0 Å². The number of ether oxygens (including phenoxy) is 1. The standard InChI is InChI=1S/C33H25ClN2O4S/c1-19-16-20(2)28-26(17-19)41-33(35-28)36-29(22-10-14-25(15-11-22)40-18-21-6-4-3-5-7-21)27(31(38)32(36)39)30(37)23-8-12-24(34)13-9-23/h3-17,29,37H,18H2,1-2H3/b30-27+. The van der Waals surface area contributed by atoms with Crippen molar-refractivity contribution in [3.05, 3.63) is 129 Å². The lowest BCUT2D eigenvalue weighted by atomic mass is 9.95. The monoisotopic (exact) mass is 580 g/mol. The minimum atomic E-state index is -0.893. The smallest absolute Gasteiger partial charge is 0.301 e. The van der Waals surface area contributed by atoms with Crippen molar-refractivity contribution in [2.24, 2.45) is 0 Å². The first kappa shape index (κ1) is 26.7. The van der Waals surface area contributed by atoms with E-state index in [1.807, 2.05) is 68.4 Å². The molecular formula is C33H25ClN2O4S. The third-order valence-corrected chi connectivity index (χ3v) is 8.28. The zero-order valence-corrected chi connectivity index (χ0v) is 23.9. The number of aliphatic hydroxyl groups excluding tert-OH is 1. The molecule has 0 saturated carbocycles. The molecule has 5 aromatic rings. The van der Waals surface area contributed by atoms with Crippen molar-refractivity contribution in [3.63, 3.8) is 0 Å². The van der Waals surface area contributed by atoms with E-state index in [4.69, 9.17) is 21.3 Å². The minimum Gasteiger partial charge on any atom is -0.507 e. The van der Waals surface area contributed by atoms with E-state index in [9.17, 15) is 14.7 Å². The Morgan fingerprint density at radius 3 is 2.39 bits per heavy atom. The molecule has 1 unspecified atom stereocenters. The van der Waals surface area contributed by atoms with Gasteiger partial charge in [0.2, 0.25) is 0 Å². The molecule has 6 rings (SSSR count). The van der Waals surface area contributed by atoms with Crippen molar-refractivity contribution in [2.45, 2.75) is 26.5 Å². The van der Waals surface area contributed by atoms with Crippen molar-refractivity contribution < 1.29 is 19.4 Å². The van der Waals surface area contributed by atoms with Crippen LogP contribution in [0.2, 0.25) is 5.02 Å². The Morgan fingerprint density at radius 1 is 0.976 bits per heavy atom. The summed E-state index contributed by atoms with van der Waals surface area (Å²) in [7, 11) is 0. The molecule has 1 saturated heterocycles. The third kappa shape index (κ3) is 5.10. The fourth-order valence-electron chi connectivity index (χ4n) is 5.06. The van der Waals surface area contributed by atoms with Crippen LogP contribution >= 0.6 is 22.9 Å². The van der Waals surface area contributed by atoms with Gasteiger partial charge in [-0.3, -0.25) is 14.5 Å². The van der Waals surface area contributed by atoms with E-state index in [1.54, 1.807) is 36.4 Å². The van der Waals surface area contributed by atoms with Crippen molar-refractivity contribution >= 4 is 55.7 Å². The Kier molecular flexibility index (Phi) is 7.07. The molecule has 1 aromatic heterocycles. The van der Waals surface area contributed by atoms with Gasteiger partial charge in [0, 0.05) is 10.6 Å². The molecule has 204 valence electrons. The van der Waals surface area contributed by atoms with Gasteiger partial charge in [0.1, 0.15) is 18.1 Å². The third-order valence-electron chi connectivity index (χ3n) is 7.03. The van der Waals surface area contributed by atoms with Crippen molar-refractivity contribution in [1.82, 2.24) is 4.98 Å². The molecule has 1 amide bonds. The molecule has 0 radical (unpaired) electrons. The number of thiazole rings is 1. The molecule has 0 bridgehead atoms. The summed E-state index contributed by atoms with van der Waals surface area (Å²) in [6, 6.07) is 26.7. The fraction of sp³-hybridized carbons (Fsp3) is 0.121. The van der Waals surface area contributed by atoms with Crippen LogP contribution in [-0.2, 0) is 16.2 Å². The van der Waals surface area contributed by atoms with Gasteiger partial charge >= 0.3 is 5.91 Å². The highest BCUT2D eigenvalue weighted by Gasteiger charge is 2.48. The molecule has 0 spiro atoms. The molecule has 41 heavy (non-hydrogen) atoms. The Labute approximate surface area is 246 Å². The number of carbonyl (C=O) groups is 2. The Morgan fingerprint density at radius 2 is 1.68 bits per heavy atom. The van der Waals surface area contributed by atoms with Crippen molar-refractivity contribution in [2.75, 3.05) is 4.90 Å². The number of rotatable bonds is 6. The molecule has 1 aliphatic heterocycles. The van der Waals surface area contributed by atoms with E-state index in [2.05, 4.69) is 0 Å². The number of aromatic nitrogens is 1. The summed E-state index contributed by atoms with van der Waals surface area (Å²) in [4.78, 5) is 33.3. The first-order valence-corrected chi connectivity index (χ1v) is 14.2. The molecule has 1 fully saturated rings. The molecule has 4 aromatic carbocycles. The van der Waals surface area contributed by atoms with Gasteiger partial charge in [-0.2, -0.15) is 0 Å². The Bertz CT molecular complexity index is 1810. The normalized spacial score (nSPS) is 16.5. The topological polar surface area (TPSA) is 79.7 Å².